The van der Waals surface area contributed by atoms with Gasteiger partial charge in [-0.25, -0.2) is 0 Å². The first-order valence-electron chi connectivity index (χ1n) is 6.53. The van der Waals surface area contributed by atoms with Gasteiger partial charge in [0, 0.05) is 12.1 Å². The predicted molar refractivity (Wildman–Crippen MR) is 75.7 cm³/mol. The fraction of sp³-hybridized carbons (Fsp3) is 0.600. The smallest absolute Gasteiger partial charge is 0.126 e. The summed E-state index contributed by atoms with van der Waals surface area (Å²) >= 11 is 0. The summed E-state index contributed by atoms with van der Waals surface area (Å²) < 4.78 is 10.6. The number of rotatable bonds is 7. The molecule has 3 heteroatoms. The quantitative estimate of drug-likeness (QED) is 0.807. The van der Waals surface area contributed by atoms with Crippen LogP contribution in [0.15, 0.2) is 18.2 Å². The van der Waals surface area contributed by atoms with E-state index in [0.29, 0.717) is 12.0 Å². The van der Waals surface area contributed by atoms with Gasteiger partial charge in [0.2, 0.25) is 0 Å². The summed E-state index contributed by atoms with van der Waals surface area (Å²) in [4.78, 5) is 0. The number of hydrogen-bond donors (Lipinski definition) is 1. The van der Waals surface area contributed by atoms with Crippen molar-refractivity contribution in [3.05, 3.63) is 23.8 Å². The molecule has 1 aromatic rings. The molecule has 1 rings (SSSR count). The Balaban J connectivity index is 2.69. The predicted octanol–water partition coefficient (Wildman–Crippen LogP) is 3.20. The Morgan fingerprint density at radius 2 is 1.83 bits per heavy atom. The summed E-state index contributed by atoms with van der Waals surface area (Å²) in [5.41, 5.74) is 1.24. The van der Waals surface area contributed by atoms with E-state index in [2.05, 4.69) is 32.2 Å². The molecule has 0 aliphatic heterocycles. The Labute approximate surface area is 110 Å². The highest BCUT2D eigenvalue weighted by Crippen LogP contribution is 2.31. The van der Waals surface area contributed by atoms with Gasteiger partial charge in [0.1, 0.15) is 11.5 Å². The van der Waals surface area contributed by atoms with E-state index in [0.717, 1.165) is 24.5 Å². The Kier molecular flexibility index (Phi) is 5.99. The third kappa shape index (κ3) is 4.22. The van der Waals surface area contributed by atoms with Gasteiger partial charge in [-0.3, -0.25) is 0 Å². The second-order valence-electron chi connectivity index (χ2n) is 4.91. The molecule has 0 fully saturated rings. The van der Waals surface area contributed by atoms with Gasteiger partial charge in [-0.2, -0.15) is 0 Å². The standard InChI is InChI=1S/C15H25NO2/c1-11(2)16-9-8-12(3)14-7-6-13(17-4)10-15(14)18-5/h6-7,10-12,16H,8-9H2,1-5H3. The van der Waals surface area contributed by atoms with Crippen LogP contribution in [-0.4, -0.2) is 26.8 Å². The van der Waals surface area contributed by atoms with Gasteiger partial charge in [-0.1, -0.05) is 26.8 Å². The van der Waals surface area contributed by atoms with Crippen LogP contribution in [0, 0.1) is 0 Å². The normalized spacial score (nSPS) is 12.6. The molecule has 1 aromatic carbocycles. The molecule has 0 amide bonds. The Bertz CT molecular complexity index is 364. The average Bonchev–Trinajstić information content (AvgIpc) is 2.37. The van der Waals surface area contributed by atoms with Crippen LogP contribution in [0.2, 0.25) is 0 Å². The summed E-state index contributed by atoms with van der Waals surface area (Å²) in [6, 6.07) is 6.57. The molecule has 3 nitrogen and oxygen atoms in total. The number of nitrogens with one attached hydrogen (secondary N) is 1. The van der Waals surface area contributed by atoms with E-state index >= 15 is 0 Å². The molecule has 0 bridgehead atoms. The highest BCUT2D eigenvalue weighted by molar-refractivity contribution is 5.42. The van der Waals surface area contributed by atoms with Crippen LogP contribution in [0.25, 0.3) is 0 Å². The van der Waals surface area contributed by atoms with E-state index in [1.807, 2.05) is 12.1 Å². The maximum atomic E-state index is 5.44. The third-order valence-electron chi connectivity index (χ3n) is 3.10. The minimum atomic E-state index is 0.470. The van der Waals surface area contributed by atoms with Crippen LogP contribution in [-0.2, 0) is 0 Å². The van der Waals surface area contributed by atoms with Crippen molar-refractivity contribution in [1.29, 1.82) is 0 Å². The fourth-order valence-electron chi connectivity index (χ4n) is 1.97. The molecule has 18 heavy (non-hydrogen) atoms. The van der Waals surface area contributed by atoms with Crippen molar-refractivity contribution in [1.82, 2.24) is 5.32 Å². The summed E-state index contributed by atoms with van der Waals surface area (Å²) in [7, 11) is 3.38. The number of benzene rings is 1. The lowest BCUT2D eigenvalue weighted by atomic mass is 9.96. The molecular formula is C15H25NO2. The zero-order valence-corrected chi connectivity index (χ0v) is 12.1. The largest absolute Gasteiger partial charge is 0.497 e. The lowest BCUT2D eigenvalue weighted by Crippen LogP contribution is -2.24. The van der Waals surface area contributed by atoms with Crippen molar-refractivity contribution in [2.45, 2.75) is 39.2 Å². The summed E-state index contributed by atoms with van der Waals surface area (Å²) in [6.07, 6.45) is 1.10. The number of ether oxygens (including phenoxy) is 2. The molecule has 1 N–H and O–H groups in total. The maximum Gasteiger partial charge on any atom is 0.126 e. The van der Waals surface area contributed by atoms with E-state index in [1.54, 1.807) is 14.2 Å². The maximum absolute atomic E-state index is 5.44. The van der Waals surface area contributed by atoms with Crippen LogP contribution in [0.5, 0.6) is 11.5 Å². The highest BCUT2D eigenvalue weighted by Gasteiger charge is 2.12. The monoisotopic (exact) mass is 251 g/mol. The summed E-state index contributed by atoms with van der Waals surface area (Å²) in [5.74, 6) is 2.21. The fourth-order valence-corrected chi connectivity index (χ4v) is 1.97. The lowest BCUT2D eigenvalue weighted by Gasteiger charge is -2.17. The third-order valence-corrected chi connectivity index (χ3v) is 3.10. The van der Waals surface area contributed by atoms with E-state index in [4.69, 9.17) is 9.47 Å². The van der Waals surface area contributed by atoms with Crippen molar-refractivity contribution < 1.29 is 9.47 Å². The Morgan fingerprint density at radius 1 is 1.11 bits per heavy atom. The van der Waals surface area contributed by atoms with E-state index in [9.17, 15) is 0 Å². The lowest BCUT2D eigenvalue weighted by molar-refractivity contribution is 0.387. The van der Waals surface area contributed by atoms with Gasteiger partial charge in [0.15, 0.2) is 0 Å². The van der Waals surface area contributed by atoms with Crippen molar-refractivity contribution >= 4 is 0 Å². The molecule has 0 aliphatic carbocycles. The van der Waals surface area contributed by atoms with Gasteiger partial charge in [-0.05, 0) is 30.5 Å². The van der Waals surface area contributed by atoms with Crippen LogP contribution in [0.4, 0.5) is 0 Å². The van der Waals surface area contributed by atoms with Gasteiger partial charge >= 0.3 is 0 Å². The number of methoxy groups -OCH3 is 2. The molecule has 0 aromatic heterocycles. The first kappa shape index (κ1) is 14.8. The molecular weight excluding hydrogens is 226 g/mol. The van der Waals surface area contributed by atoms with Crippen LogP contribution >= 0.6 is 0 Å². The molecule has 0 heterocycles. The first-order chi connectivity index (χ1) is 8.58. The minimum Gasteiger partial charge on any atom is -0.497 e. The molecule has 0 saturated heterocycles. The van der Waals surface area contributed by atoms with Crippen molar-refractivity contribution in [2.24, 2.45) is 0 Å². The summed E-state index contributed by atoms with van der Waals surface area (Å²) in [6.45, 7) is 7.58. The molecule has 0 aliphatic rings. The summed E-state index contributed by atoms with van der Waals surface area (Å²) in [5, 5.41) is 3.44. The topological polar surface area (TPSA) is 30.5 Å². The van der Waals surface area contributed by atoms with Gasteiger partial charge < -0.3 is 14.8 Å². The zero-order valence-electron chi connectivity index (χ0n) is 12.1. The molecule has 102 valence electrons. The van der Waals surface area contributed by atoms with Crippen LogP contribution in [0.1, 0.15) is 38.7 Å². The van der Waals surface area contributed by atoms with E-state index in [1.165, 1.54) is 5.56 Å². The van der Waals surface area contributed by atoms with Crippen molar-refractivity contribution in [3.8, 4) is 11.5 Å². The second kappa shape index (κ2) is 7.27. The van der Waals surface area contributed by atoms with E-state index in [-0.39, 0.29) is 0 Å². The van der Waals surface area contributed by atoms with Crippen molar-refractivity contribution in [2.75, 3.05) is 20.8 Å². The Morgan fingerprint density at radius 3 is 2.39 bits per heavy atom. The number of hydrogen-bond acceptors (Lipinski definition) is 3. The zero-order chi connectivity index (χ0) is 13.5. The van der Waals surface area contributed by atoms with Gasteiger partial charge in [-0.15, -0.1) is 0 Å². The SMILES string of the molecule is COc1ccc(C(C)CCNC(C)C)c(OC)c1. The molecule has 0 saturated carbocycles. The van der Waals surface area contributed by atoms with E-state index < -0.39 is 0 Å². The van der Waals surface area contributed by atoms with Gasteiger partial charge in [0.25, 0.3) is 0 Å². The van der Waals surface area contributed by atoms with Crippen molar-refractivity contribution in [3.63, 3.8) is 0 Å². The Hall–Kier alpha value is -1.22. The molecule has 0 radical (unpaired) electrons. The minimum absolute atomic E-state index is 0.470. The van der Waals surface area contributed by atoms with Crippen LogP contribution in [0.3, 0.4) is 0 Å². The van der Waals surface area contributed by atoms with Crippen LogP contribution < -0.4 is 14.8 Å². The first-order valence-corrected chi connectivity index (χ1v) is 6.53. The highest BCUT2D eigenvalue weighted by atomic mass is 16.5. The molecule has 0 spiro atoms. The molecule has 1 unspecified atom stereocenters. The molecule has 1 atom stereocenters. The van der Waals surface area contributed by atoms with Gasteiger partial charge in [0.05, 0.1) is 14.2 Å². The second-order valence-corrected chi connectivity index (χ2v) is 4.91. The average molecular weight is 251 g/mol.